The normalized spacial score (nSPS) is 24.7. The Bertz CT molecular complexity index is 1040. The molecule has 4 amide bonds. The van der Waals surface area contributed by atoms with Gasteiger partial charge in [0.15, 0.2) is 0 Å². The molecule has 0 radical (unpaired) electrons. The van der Waals surface area contributed by atoms with Crippen LogP contribution in [0.5, 0.6) is 0 Å². The Morgan fingerprint density at radius 1 is 1.05 bits per heavy atom. The zero-order chi connectivity index (χ0) is 30.2. The Labute approximate surface area is 238 Å². The van der Waals surface area contributed by atoms with Gasteiger partial charge in [-0.3, -0.25) is 19.2 Å². The second-order valence-corrected chi connectivity index (χ2v) is 14.3. The number of hydrogen-bond acceptors (Lipinski definition) is 6. The zero-order valence-corrected chi connectivity index (χ0v) is 25.4. The number of ketones is 1. The van der Waals surface area contributed by atoms with Crippen molar-refractivity contribution in [1.82, 2.24) is 20.9 Å². The molecule has 10 heteroatoms. The summed E-state index contributed by atoms with van der Waals surface area (Å²) in [7, 11) is 0. The van der Waals surface area contributed by atoms with E-state index in [2.05, 4.69) is 36.4 Å². The van der Waals surface area contributed by atoms with E-state index >= 15 is 0 Å². The van der Waals surface area contributed by atoms with E-state index in [1.54, 1.807) is 26.8 Å². The van der Waals surface area contributed by atoms with E-state index in [0.717, 1.165) is 12.8 Å². The third-order valence-electron chi connectivity index (χ3n) is 8.30. The number of alkyl carbamates (subject to hydrolysis) is 1. The molecule has 0 aromatic rings. The van der Waals surface area contributed by atoms with Crippen LogP contribution in [0.25, 0.3) is 0 Å². The van der Waals surface area contributed by atoms with Crippen molar-refractivity contribution in [1.29, 1.82) is 0 Å². The number of fused-ring (bicyclic) bond motifs is 1. The predicted octanol–water partition coefficient (Wildman–Crippen LogP) is 2.96. The maximum Gasteiger partial charge on any atom is 0.408 e. The Kier molecular flexibility index (Phi) is 9.11. The van der Waals surface area contributed by atoms with E-state index < -0.39 is 52.8 Å². The summed E-state index contributed by atoms with van der Waals surface area (Å²) in [6, 6.07) is -2.79. The van der Waals surface area contributed by atoms with Gasteiger partial charge in [0, 0.05) is 13.1 Å². The maximum atomic E-state index is 14.0. The largest absolute Gasteiger partial charge is 0.444 e. The molecule has 0 aromatic carbocycles. The van der Waals surface area contributed by atoms with Gasteiger partial charge in [0.2, 0.25) is 17.6 Å². The first-order chi connectivity index (χ1) is 18.4. The molecule has 10 nitrogen and oxygen atoms in total. The minimum Gasteiger partial charge on any atom is -0.444 e. The van der Waals surface area contributed by atoms with Gasteiger partial charge in [0.05, 0.1) is 6.04 Å². The SMILES string of the molecule is C=CCCC(NC(=O)[C@@H]1[C@@H]2[C@H](CN1C(=O)[C@@H](NC(=O)OC(C)(C)C)C(C)(C)C)C2(C)C)C(=O)C(=O)NCC1CC1. The number of allylic oxidation sites excluding steroid dienone is 1. The number of hydrogen-bond donors (Lipinski definition) is 3. The van der Waals surface area contributed by atoms with Crippen molar-refractivity contribution < 1.29 is 28.7 Å². The molecular formula is C30H48N4O6. The summed E-state index contributed by atoms with van der Waals surface area (Å²) >= 11 is 0. The van der Waals surface area contributed by atoms with Gasteiger partial charge in [0.25, 0.3) is 5.91 Å². The molecule has 0 spiro atoms. The van der Waals surface area contributed by atoms with Gasteiger partial charge in [-0.1, -0.05) is 40.7 Å². The highest BCUT2D eigenvalue weighted by Gasteiger charge is 2.70. The summed E-state index contributed by atoms with van der Waals surface area (Å²) in [5.74, 6) is -1.82. The van der Waals surface area contributed by atoms with Crippen molar-refractivity contribution in [3.05, 3.63) is 12.7 Å². The fourth-order valence-electron chi connectivity index (χ4n) is 5.67. The first-order valence-corrected chi connectivity index (χ1v) is 14.4. The number of likely N-dealkylation sites (tertiary alicyclic amines) is 1. The second kappa shape index (κ2) is 11.5. The summed E-state index contributed by atoms with van der Waals surface area (Å²) in [6.45, 7) is 19.4. The van der Waals surface area contributed by atoms with E-state index in [4.69, 9.17) is 4.74 Å². The fourth-order valence-corrected chi connectivity index (χ4v) is 5.67. The van der Waals surface area contributed by atoms with Gasteiger partial charge in [-0.15, -0.1) is 6.58 Å². The van der Waals surface area contributed by atoms with Crippen LogP contribution in [0.15, 0.2) is 12.7 Å². The molecule has 2 saturated carbocycles. The molecule has 5 atom stereocenters. The first-order valence-electron chi connectivity index (χ1n) is 14.4. The van der Waals surface area contributed by atoms with Crippen LogP contribution in [-0.4, -0.2) is 71.3 Å². The molecule has 0 aromatic heterocycles. The summed E-state index contributed by atoms with van der Waals surface area (Å²) in [4.78, 5) is 67.6. The van der Waals surface area contributed by atoms with Gasteiger partial charge in [-0.05, 0) is 75.0 Å². The number of piperidine rings is 1. The number of Topliss-reactive ketones (excluding diaryl/α,β-unsaturated/α-hetero) is 1. The minimum atomic E-state index is -1.03. The van der Waals surface area contributed by atoms with Crippen LogP contribution in [0, 0.1) is 28.6 Å². The average Bonchev–Trinajstić information content (AvgIpc) is 3.69. The fraction of sp³-hybridized carbons (Fsp3) is 0.767. The smallest absolute Gasteiger partial charge is 0.408 e. The number of amides is 4. The molecule has 40 heavy (non-hydrogen) atoms. The Morgan fingerprint density at radius 2 is 1.68 bits per heavy atom. The molecule has 0 bridgehead atoms. The third kappa shape index (κ3) is 7.43. The van der Waals surface area contributed by atoms with Crippen LogP contribution in [0.2, 0.25) is 0 Å². The van der Waals surface area contributed by atoms with Crippen LogP contribution < -0.4 is 16.0 Å². The molecule has 3 aliphatic rings. The molecule has 3 rings (SSSR count). The lowest BCUT2D eigenvalue weighted by Gasteiger charge is -2.38. The predicted molar refractivity (Wildman–Crippen MR) is 151 cm³/mol. The van der Waals surface area contributed by atoms with Gasteiger partial charge < -0.3 is 25.6 Å². The molecule has 1 heterocycles. The van der Waals surface area contributed by atoms with Gasteiger partial charge in [-0.2, -0.15) is 0 Å². The summed E-state index contributed by atoms with van der Waals surface area (Å²) < 4.78 is 5.41. The number of carbonyl (C=O) groups excluding carboxylic acids is 5. The van der Waals surface area contributed by atoms with E-state index in [0.29, 0.717) is 25.4 Å². The number of carbonyl (C=O) groups is 5. The zero-order valence-electron chi connectivity index (χ0n) is 25.4. The highest BCUT2D eigenvalue weighted by atomic mass is 16.6. The Hall–Kier alpha value is -2.91. The Morgan fingerprint density at radius 3 is 2.20 bits per heavy atom. The standard InChI is InChI=1S/C30H48N4O6/c1-10-11-12-19(22(35)25(37)31-15-17-13-14-17)32-24(36)21-20-18(30(20,8)9)16-34(21)26(38)23(28(2,3)4)33-27(39)40-29(5,6)7/h10,17-21,23H,1,11-16H2,2-9H3,(H,31,37)(H,32,36)(H,33,39)/t18-,19?,20-,21-,23+/m0/s1. The molecule has 1 unspecified atom stereocenters. The van der Waals surface area contributed by atoms with E-state index in [9.17, 15) is 24.0 Å². The number of nitrogens with one attached hydrogen (secondary N) is 3. The van der Waals surface area contributed by atoms with Gasteiger partial charge in [0.1, 0.15) is 17.7 Å². The van der Waals surface area contributed by atoms with Crippen molar-refractivity contribution in [3.63, 3.8) is 0 Å². The van der Waals surface area contributed by atoms with Gasteiger partial charge >= 0.3 is 6.09 Å². The monoisotopic (exact) mass is 560 g/mol. The second-order valence-electron chi connectivity index (χ2n) is 14.3. The van der Waals surface area contributed by atoms with E-state index in [-0.39, 0.29) is 29.6 Å². The molecule has 3 N–H and O–H groups in total. The lowest BCUT2D eigenvalue weighted by molar-refractivity contribution is -0.145. The topological polar surface area (TPSA) is 134 Å². The molecular weight excluding hydrogens is 512 g/mol. The summed E-state index contributed by atoms with van der Waals surface area (Å²) in [5, 5.41) is 8.22. The molecule has 3 fully saturated rings. The molecule has 2 aliphatic carbocycles. The third-order valence-corrected chi connectivity index (χ3v) is 8.30. The summed E-state index contributed by atoms with van der Waals surface area (Å²) in [5.41, 5.74) is -1.56. The van der Waals surface area contributed by atoms with Crippen molar-refractivity contribution in [3.8, 4) is 0 Å². The van der Waals surface area contributed by atoms with E-state index in [1.807, 2.05) is 20.8 Å². The lowest BCUT2D eigenvalue weighted by Crippen LogP contribution is -2.60. The molecule has 224 valence electrons. The van der Waals surface area contributed by atoms with Crippen molar-refractivity contribution in [2.24, 2.45) is 28.6 Å². The Balaban J connectivity index is 1.80. The van der Waals surface area contributed by atoms with E-state index in [1.165, 1.54) is 4.90 Å². The first kappa shape index (κ1) is 31.6. The average molecular weight is 561 g/mol. The highest BCUT2D eigenvalue weighted by Crippen LogP contribution is 2.65. The highest BCUT2D eigenvalue weighted by molar-refractivity contribution is 6.38. The van der Waals surface area contributed by atoms with Crippen LogP contribution >= 0.6 is 0 Å². The molecule has 1 aliphatic heterocycles. The summed E-state index contributed by atoms with van der Waals surface area (Å²) in [6.07, 6.45) is 3.66. The van der Waals surface area contributed by atoms with Crippen LogP contribution in [0.4, 0.5) is 4.79 Å². The molecule has 1 saturated heterocycles. The van der Waals surface area contributed by atoms with Crippen molar-refractivity contribution in [2.45, 2.75) is 105 Å². The van der Waals surface area contributed by atoms with Crippen molar-refractivity contribution >= 4 is 29.6 Å². The minimum absolute atomic E-state index is 0.0996. The number of ether oxygens (including phenoxy) is 1. The van der Waals surface area contributed by atoms with Crippen LogP contribution in [-0.2, 0) is 23.9 Å². The number of nitrogens with zero attached hydrogens (tertiary/aromatic N) is 1. The van der Waals surface area contributed by atoms with Crippen LogP contribution in [0.1, 0.15) is 81.1 Å². The lowest BCUT2D eigenvalue weighted by atomic mass is 9.85. The van der Waals surface area contributed by atoms with Crippen LogP contribution in [0.3, 0.4) is 0 Å². The van der Waals surface area contributed by atoms with Gasteiger partial charge in [-0.25, -0.2) is 4.79 Å². The quantitative estimate of drug-likeness (QED) is 0.263. The maximum absolute atomic E-state index is 14.0. The van der Waals surface area contributed by atoms with Crippen molar-refractivity contribution in [2.75, 3.05) is 13.1 Å². The number of rotatable bonds is 11.